The van der Waals surface area contributed by atoms with E-state index in [0.29, 0.717) is 25.4 Å². The fourth-order valence-electron chi connectivity index (χ4n) is 1.53. The van der Waals surface area contributed by atoms with E-state index in [4.69, 9.17) is 21.1 Å². The van der Waals surface area contributed by atoms with Crippen LogP contribution in [0.2, 0.25) is 5.02 Å². The van der Waals surface area contributed by atoms with E-state index >= 15 is 0 Å². The minimum absolute atomic E-state index is 0.119. The summed E-state index contributed by atoms with van der Waals surface area (Å²) in [5, 5.41) is -0.138. The minimum atomic E-state index is -0.644. The van der Waals surface area contributed by atoms with Gasteiger partial charge in [-0.15, -0.1) is 0 Å². The van der Waals surface area contributed by atoms with Crippen LogP contribution in [0.5, 0.6) is 11.5 Å². The molecule has 90 valence electrons. The maximum Gasteiger partial charge on any atom is 0.235 e. The Kier molecular flexibility index (Phi) is 3.61. The quantitative estimate of drug-likeness (QED) is 0.604. The van der Waals surface area contributed by atoms with Crippen LogP contribution in [-0.2, 0) is 11.3 Å². The van der Waals surface area contributed by atoms with Crippen LogP contribution < -0.4 is 9.47 Å². The number of rotatable bonds is 2. The third-order valence-corrected chi connectivity index (χ3v) is 2.65. The van der Waals surface area contributed by atoms with Crippen molar-refractivity contribution in [3.05, 3.63) is 22.5 Å². The van der Waals surface area contributed by atoms with Crippen molar-refractivity contribution < 1.29 is 18.7 Å². The first kappa shape index (κ1) is 11.9. The van der Waals surface area contributed by atoms with Gasteiger partial charge in [0.1, 0.15) is 5.02 Å². The van der Waals surface area contributed by atoms with Gasteiger partial charge in [-0.2, -0.15) is 0 Å². The van der Waals surface area contributed by atoms with E-state index in [1.165, 1.54) is 12.1 Å². The van der Waals surface area contributed by atoms with Crippen LogP contribution in [-0.4, -0.2) is 19.3 Å². The maximum atomic E-state index is 13.8. The van der Waals surface area contributed by atoms with Crippen LogP contribution in [0.25, 0.3) is 0 Å². The summed E-state index contributed by atoms with van der Waals surface area (Å²) in [5.41, 5.74) is 0.183. The molecule has 0 atom stereocenters. The molecule has 2 rings (SSSR count). The average Bonchev–Trinajstić information content (AvgIpc) is 2.57. The SMILES string of the molecule is O=C=NCc1cc2c(c(Cl)c1F)OCCCO2. The highest BCUT2D eigenvalue weighted by atomic mass is 35.5. The van der Waals surface area contributed by atoms with Gasteiger partial charge in [-0.1, -0.05) is 11.6 Å². The standard InChI is InChI=1S/C11H9ClFNO3/c12-9-10(13)7(5-14-6-15)4-8-11(9)17-3-1-2-16-8/h4H,1-3,5H2. The first-order valence-electron chi connectivity index (χ1n) is 5.04. The Morgan fingerprint density at radius 1 is 1.47 bits per heavy atom. The van der Waals surface area contributed by atoms with Crippen molar-refractivity contribution in [2.45, 2.75) is 13.0 Å². The van der Waals surface area contributed by atoms with Crippen LogP contribution in [0, 0.1) is 5.82 Å². The molecule has 0 saturated heterocycles. The predicted molar refractivity (Wildman–Crippen MR) is 58.8 cm³/mol. The van der Waals surface area contributed by atoms with Crippen LogP contribution in [0.4, 0.5) is 4.39 Å². The molecule has 0 unspecified atom stereocenters. The summed E-state index contributed by atoms with van der Waals surface area (Å²) in [6, 6.07) is 1.45. The number of carbonyl (C=O) groups excluding carboxylic acids is 1. The van der Waals surface area contributed by atoms with E-state index in [9.17, 15) is 9.18 Å². The summed E-state index contributed by atoms with van der Waals surface area (Å²) in [6.45, 7) is 0.787. The second-order valence-corrected chi connectivity index (χ2v) is 3.83. The number of fused-ring (bicyclic) bond motifs is 1. The number of isocyanates is 1. The molecule has 0 radical (unpaired) electrons. The topological polar surface area (TPSA) is 47.9 Å². The molecule has 1 aromatic carbocycles. The number of benzene rings is 1. The summed E-state index contributed by atoms with van der Waals surface area (Å²) >= 11 is 5.85. The minimum Gasteiger partial charge on any atom is -0.489 e. The first-order valence-corrected chi connectivity index (χ1v) is 5.42. The summed E-state index contributed by atoms with van der Waals surface area (Å²) in [7, 11) is 0. The van der Waals surface area contributed by atoms with Crippen molar-refractivity contribution in [3.8, 4) is 11.5 Å². The lowest BCUT2D eigenvalue weighted by Crippen LogP contribution is -1.98. The van der Waals surface area contributed by atoms with Crippen molar-refractivity contribution in [1.29, 1.82) is 0 Å². The summed E-state index contributed by atoms with van der Waals surface area (Å²) in [4.78, 5) is 13.3. The highest BCUT2D eigenvalue weighted by Gasteiger charge is 2.20. The average molecular weight is 258 g/mol. The van der Waals surface area contributed by atoms with Crippen LogP contribution in [0.15, 0.2) is 11.1 Å². The predicted octanol–water partition coefficient (Wildman–Crippen LogP) is 2.48. The van der Waals surface area contributed by atoms with Gasteiger partial charge in [0, 0.05) is 12.0 Å². The molecule has 17 heavy (non-hydrogen) atoms. The number of aliphatic imine (C=N–C) groups is 1. The monoisotopic (exact) mass is 257 g/mol. The van der Waals surface area contributed by atoms with E-state index in [2.05, 4.69) is 4.99 Å². The second-order valence-electron chi connectivity index (χ2n) is 3.45. The zero-order chi connectivity index (χ0) is 12.3. The Bertz CT molecular complexity index is 486. The molecule has 0 amide bonds. The Hall–Kier alpha value is -1.58. The highest BCUT2D eigenvalue weighted by Crippen LogP contribution is 2.40. The van der Waals surface area contributed by atoms with Crippen molar-refractivity contribution in [3.63, 3.8) is 0 Å². The van der Waals surface area contributed by atoms with E-state index in [1.807, 2.05) is 0 Å². The smallest absolute Gasteiger partial charge is 0.235 e. The third kappa shape index (κ3) is 2.40. The molecular formula is C11H9ClFNO3. The zero-order valence-corrected chi connectivity index (χ0v) is 9.59. The summed E-state index contributed by atoms with van der Waals surface area (Å²) < 4.78 is 24.5. The van der Waals surface area contributed by atoms with Gasteiger partial charge in [0.25, 0.3) is 0 Å². The van der Waals surface area contributed by atoms with Crippen LogP contribution >= 0.6 is 11.6 Å². The van der Waals surface area contributed by atoms with Crippen molar-refractivity contribution in [2.24, 2.45) is 4.99 Å². The van der Waals surface area contributed by atoms with E-state index < -0.39 is 5.82 Å². The van der Waals surface area contributed by atoms with Gasteiger partial charge < -0.3 is 9.47 Å². The van der Waals surface area contributed by atoms with Crippen molar-refractivity contribution in [2.75, 3.05) is 13.2 Å². The molecule has 6 heteroatoms. The molecule has 1 heterocycles. The molecule has 0 spiro atoms. The number of nitrogens with zero attached hydrogens (tertiary/aromatic N) is 1. The lowest BCUT2D eigenvalue weighted by Gasteiger charge is -2.11. The molecule has 0 N–H and O–H groups in total. The summed E-state index contributed by atoms with van der Waals surface area (Å²) in [6.07, 6.45) is 2.05. The number of hydrogen-bond acceptors (Lipinski definition) is 4. The van der Waals surface area contributed by atoms with Crippen LogP contribution in [0.1, 0.15) is 12.0 Å². The molecule has 0 aliphatic carbocycles. The van der Waals surface area contributed by atoms with E-state index in [1.54, 1.807) is 0 Å². The molecule has 1 aromatic rings. The number of halogens is 2. The number of hydrogen-bond donors (Lipinski definition) is 0. The van der Waals surface area contributed by atoms with E-state index in [0.717, 1.165) is 0 Å². The van der Waals surface area contributed by atoms with Gasteiger partial charge in [-0.05, 0) is 6.07 Å². The molecule has 1 aliphatic heterocycles. The fourth-order valence-corrected chi connectivity index (χ4v) is 1.79. The Balaban J connectivity index is 2.46. The van der Waals surface area contributed by atoms with Gasteiger partial charge >= 0.3 is 0 Å². The normalized spacial score (nSPS) is 13.8. The molecule has 0 fully saturated rings. The molecule has 4 nitrogen and oxygen atoms in total. The van der Waals surface area contributed by atoms with Gasteiger partial charge in [-0.3, -0.25) is 0 Å². The molecular weight excluding hydrogens is 249 g/mol. The fraction of sp³-hybridized carbons (Fsp3) is 0.364. The second kappa shape index (κ2) is 5.17. The lowest BCUT2D eigenvalue weighted by atomic mass is 10.2. The zero-order valence-electron chi connectivity index (χ0n) is 8.83. The van der Waals surface area contributed by atoms with Gasteiger partial charge in [0.15, 0.2) is 17.3 Å². The van der Waals surface area contributed by atoms with Crippen LogP contribution in [0.3, 0.4) is 0 Å². The molecule has 0 saturated carbocycles. The maximum absolute atomic E-state index is 13.8. The Morgan fingerprint density at radius 2 is 2.24 bits per heavy atom. The van der Waals surface area contributed by atoms with Gasteiger partial charge in [0.2, 0.25) is 6.08 Å². The van der Waals surface area contributed by atoms with E-state index in [-0.39, 0.29) is 22.9 Å². The third-order valence-electron chi connectivity index (χ3n) is 2.31. The molecule has 0 bridgehead atoms. The summed E-state index contributed by atoms with van der Waals surface area (Å²) in [5.74, 6) is -0.0552. The van der Waals surface area contributed by atoms with Crippen molar-refractivity contribution >= 4 is 17.7 Å². The number of ether oxygens (including phenoxy) is 2. The Morgan fingerprint density at radius 3 is 3.00 bits per heavy atom. The van der Waals surface area contributed by atoms with Gasteiger partial charge in [-0.25, -0.2) is 14.2 Å². The largest absolute Gasteiger partial charge is 0.489 e. The van der Waals surface area contributed by atoms with Gasteiger partial charge in [0.05, 0.1) is 19.8 Å². The first-order chi connectivity index (χ1) is 8.24. The molecule has 1 aliphatic rings. The lowest BCUT2D eigenvalue weighted by molar-refractivity contribution is 0.296. The molecule has 0 aromatic heterocycles. The van der Waals surface area contributed by atoms with Crippen molar-refractivity contribution in [1.82, 2.24) is 0 Å². The highest BCUT2D eigenvalue weighted by molar-refractivity contribution is 6.32. The Labute approximate surface area is 102 Å².